The predicted octanol–water partition coefficient (Wildman–Crippen LogP) is 1.82. The first-order chi connectivity index (χ1) is 8.09. The SMILES string of the molecule is CC(CNC(=O)CSc1ccccc1)C(N)=S. The van der Waals surface area contributed by atoms with E-state index in [-0.39, 0.29) is 11.8 Å². The van der Waals surface area contributed by atoms with Crippen LogP contribution in [0.4, 0.5) is 0 Å². The quantitative estimate of drug-likeness (QED) is 0.610. The molecule has 3 N–H and O–H groups in total. The van der Waals surface area contributed by atoms with Crippen LogP contribution in [0.3, 0.4) is 0 Å². The van der Waals surface area contributed by atoms with Gasteiger partial charge in [-0.3, -0.25) is 4.79 Å². The van der Waals surface area contributed by atoms with Crippen molar-refractivity contribution in [1.82, 2.24) is 5.32 Å². The second kappa shape index (κ2) is 7.29. The Labute approximate surface area is 111 Å². The van der Waals surface area contributed by atoms with Crippen molar-refractivity contribution in [2.45, 2.75) is 11.8 Å². The van der Waals surface area contributed by atoms with Crippen molar-refractivity contribution in [3.63, 3.8) is 0 Å². The van der Waals surface area contributed by atoms with Crippen molar-refractivity contribution < 1.29 is 4.79 Å². The van der Waals surface area contributed by atoms with Crippen LogP contribution in [0.2, 0.25) is 0 Å². The van der Waals surface area contributed by atoms with Gasteiger partial charge in [0.1, 0.15) is 0 Å². The number of thioether (sulfide) groups is 1. The Hall–Kier alpha value is -1.07. The lowest BCUT2D eigenvalue weighted by atomic mass is 10.2. The van der Waals surface area contributed by atoms with Gasteiger partial charge in [-0.1, -0.05) is 37.3 Å². The van der Waals surface area contributed by atoms with Gasteiger partial charge in [-0.15, -0.1) is 11.8 Å². The zero-order chi connectivity index (χ0) is 12.7. The Bertz CT molecular complexity index is 381. The number of carbonyl (C=O) groups is 1. The molecule has 0 saturated heterocycles. The molecule has 1 aromatic rings. The number of carbonyl (C=O) groups excluding carboxylic acids is 1. The van der Waals surface area contributed by atoms with Crippen molar-refractivity contribution in [1.29, 1.82) is 0 Å². The summed E-state index contributed by atoms with van der Waals surface area (Å²) in [7, 11) is 0. The van der Waals surface area contributed by atoms with E-state index < -0.39 is 0 Å². The number of benzene rings is 1. The van der Waals surface area contributed by atoms with Crippen LogP contribution in [0.25, 0.3) is 0 Å². The van der Waals surface area contributed by atoms with Gasteiger partial charge in [-0.05, 0) is 12.1 Å². The standard InChI is InChI=1S/C12H16N2OS2/c1-9(12(13)16)7-14-11(15)8-17-10-5-3-2-4-6-10/h2-6,9H,7-8H2,1H3,(H2,13,16)(H,14,15). The minimum Gasteiger partial charge on any atom is -0.393 e. The molecule has 0 aliphatic carbocycles. The Morgan fingerprint density at radius 3 is 2.71 bits per heavy atom. The molecule has 5 heteroatoms. The molecule has 1 aromatic carbocycles. The van der Waals surface area contributed by atoms with Crippen LogP contribution >= 0.6 is 24.0 Å². The maximum Gasteiger partial charge on any atom is 0.230 e. The molecular formula is C12H16N2OS2. The van der Waals surface area contributed by atoms with Gasteiger partial charge >= 0.3 is 0 Å². The van der Waals surface area contributed by atoms with E-state index in [0.29, 0.717) is 17.3 Å². The highest BCUT2D eigenvalue weighted by Gasteiger charge is 2.07. The number of hydrogen-bond donors (Lipinski definition) is 2. The maximum absolute atomic E-state index is 11.5. The van der Waals surface area contributed by atoms with E-state index in [9.17, 15) is 4.79 Å². The predicted molar refractivity (Wildman–Crippen MR) is 76.1 cm³/mol. The van der Waals surface area contributed by atoms with Crippen molar-refractivity contribution in [2.24, 2.45) is 11.7 Å². The molecule has 0 aromatic heterocycles. The molecule has 1 amide bonds. The molecule has 0 spiro atoms. The summed E-state index contributed by atoms with van der Waals surface area (Å²) in [4.78, 5) is 13.0. The third kappa shape index (κ3) is 5.70. The summed E-state index contributed by atoms with van der Waals surface area (Å²) in [6, 6.07) is 9.82. The zero-order valence-corrected chi connectivity index (χ0v) is 11.3. The number of hydrogen-bond acceptors (Lipinski definition) is 3. The molecule has 0 aliphatic heterocycles. The molecule has 0 aliphatic rings. The summed E-state index contributed by atoms with van der Waals surface area (Å²) >= 11 is 6.35. The van der Waals surface area contributed by atoms with E-state index in [1.54, 1.807) is 0 Å². The molecule has 17 heavy (non-hydrogen) atoms. The smallest absolute Gasteiger partial charge is 0.230 e. The van der Waals surface area contributed by atoms with Crippen molar-refractivity contribution >= 4 is 34.9 Å². The fourth-order valence-corrected chi connectivity index (χ4v) is 1.92. The van der Waals surface area contributed by atoms with Crippen molar-refractivity contribution in [3.8, 4) is 0 Å². The van der Waals surface area contributed by atoms with E-state index in [1.807, 2.05) is 37.3 Å². The number of amides is 1. The lowest BCUT2D eigenvalue weighted by molar-refractivity contribution is -0.118. The van der Waals surface area contributed by atoms with E-state index in [1.165, 1.54) is 11.8 Å². The van der Waals surface area contributed by atoms with Crippen LogP contribution in [0.15, 0.2) is 35.2 Å². The topological polar surface area (TPSA) is 55.1 Å². The maximum atomic E-state index is 11.5. The zero-order valence-electron chi connectivity index (χ0n) is 9.68. The first-order valence-corrected chi connectivity index (χ1v) is 6.73. The fraction of sp³-hybridized carbons (Fsp3) is 0.333. The van der Waals surface area contributed by atoms with Crippen LogP contribution in [-0.4, -0.2) is 23.2 Å². The van der Waals surface area contributed by atoms with Crippen LogP contribution in [0.5, 0.6) is 0 Å². The molecule has 1 atom stereocenters. The highest BCUT2D eigenvalue weighted by atomic mass is 32.2. The van der Waals surface area contributed by atoms with Gasteiger partial charge in [-0.25, -0.2) is 0 Å². The van der Waals surface area contributed by atoms with E-state index in [2.05, 4.69) is 5.32 Å². The number of thiocarbonyl (C=S) groups is 1. The molecule has 0 fully saturated rings. The summed E-state index contributed by atoms with van der Waals surface area (Å²) < 4.78 is 0. The Kier molecular flexibility index (Phi) is 6.00. The summed E-state index contributed by atoms with van der Waals surface area (Å²) in [5.74, 6) is 0.450. The third-order valence-electron chi connectivity index (χ3n) is 2.20. The molecular weight excluding hydrogens is 252 g/mol. The van der Waals surface area contributed by atoms with E-state index in [4.69, 9.17) is 18.0 Å². The largest absolute Gasteiger partial charge is 0.393 e. The minimum absolute atomic E-state index is 0.00181. The molecule has 1 rings (SSSR count). The summed E-state index contributed by atoms with van der Waals surface area (Å²) in [6.07, 6.45) is 0. The normalized spacial score (nSPS) is 11.8. The number of rotatable bonds is 6. The molecule has 0 saturated carbocycles. The summed E-state index contributed by atoms with van der Waals surface area (Å²) in [5, 5.41) is 2.81. The van der Waals surface area contributed by atoms with E-state index in [0.717, 1.165) is 4.90 Å². The van der Waals surface area contributed by atoms with Gasteiger partial charge < -0.3 is 11.1 Å². The van der Waals surface area contributed by atoms with Crippen LogP contribution in [-0.2, 0) is 4.79 Å². The second-order valence-corrected chi connectivity index (χ2v) is 5.23. The number of nitrogens with one attached hydrogen (secondary N) is 1. The average Bonchev–Trinajstić information content (AvgIpc) is 2.34. The van der Waals surface area contributed by atoms with Crippen LogP contribution in [0.1, 0.15) is 6.92 Å². The fourth-order valence-electron chi connectivity index (χ4n) is 1.08. The lowest BCUT2D eigenvalue weighted by Gasteiger charge is -2.10. The lowest BCUT2D eigenvalue weighted by Crippen LogP contribution is -2.34. The van der Waals surface area contributed by atoms with Gasteiger partial charge in [-0.2, -0.15) is 0 Å². The van der Waals surface area contributed by atoms with Gasteiger partial charge in [0, 0.05) is 17.4 Å². The molecule has 0 heterocycles. The van der Waals surface area contributed by atoms with Crippen LogP contribution in [0, 0.1) is 5.92 Å². The van der Waals surface area contributed by atoms with Gasteiger partial charge in [0.25, 0.3) is 0 Å². The second-order valence-electron chi connectivity index (χ2n) is 3.71. The van der Waals surface area contributed by atoms with Gasteiger partial charge in [0.15, 0.2) is 0 Å². The van der Waals surface area contributed by atoms with Crippen molar-refractivity contribution in [2.75, 3.05) is 12.3 Å². The number of nitrogens with two attached hydrogens (primary N) is 1. The van der Waals surface area contributed by atoms with Gasteiger partial charge in [0.05, 0.1) is 10.7 Å². The summed E-state index contributed by atoms with van der Waals surface area (Å²) in [6.45, 7) is 2.40. The minimum atomic E-state index is 0.00181. The van der Waals surface area contributed by atoms with Crippen molar-refractivity contribution in [3.05, 3.63) is 30.3 Å². The molecule has 0 bridgehead atoms. The molecule has 92 valence electrons. The summed E-state index contributed by atoms with van der Waals surface area (Å²) in [5.41, 5.74) is 5.46. The highest BCUT2D eigenvalue weighted by molar-refractivity contribution is 8.00. The highest BCUT2D eigenvalue weighted by Crippen LogP contribution is 2.16. The Morgan fingerprint density at radius 2 is 2.12 bits per heavy atom. The van der Waals surface area contributed by atoms with E-state index >= 15 is 0 Å². The molecule has 1 unspecified atom stereocenters. The monoisotopic (exact) mass is 268 g/mol. The molecule has 3 nitrogen and oxygen atoms in total. The Morgan fingerprint density at radius 1 is 1.47 bits per heavy atom. The first kappa shape index (κ1) is 14.0. The Balaban J connectivity index is 2.24. The van der Waals surface area contributed by atoms with Crippen LogP contribution < -0.4 is 11.1 Å². The third-order valence-corrected chi connectivity index (χ3v) is 3.62. The first-order valence-electron chi connectivity index (χ1n) is 5.33. The van der Waals surface area contributed by atoms with Gasteiger partial charge in [0.2, 0.25) is 5.91 Å². The average molecular weight is 268 g/mol. The molecule has 0 radical (unpaired) electrons.